The molecule has 0 saturated heterocycles. The molecule has 37 heavy (non-hydrogen) atoms. The molecule has 0 amide bonds. The van der Waals surface area contributed by atoms with Gasteiger partial charge >= 0.3 is 0 Å². The van der Waals surface area contributed by atoms with Crippen LogP contribution < -0.4 is 10.9 Å². The van der Waals surface area contributed by atoms with E-state index in [4.69, 9.17) is 0 Å². The highest BCUT2D eigenvalue weighted by molar-refractivity contribution is 7.61. The van der Waals surface area contributed by atoms with Gasteiger partial charge in [0.25, 0.3) is 0 Å². The minimum absolute atomic E-state index is 0.132. The van der Waals surface area contributed by atoms with Crippen molar-refractivity contribution in [1.82, 2.24) is 0 Å². The summed E-state index contributed by atoms with van der Waals surface area (Å²) >= 11 is 0. The van der Waals surface area contributed by atoms with Crippen molar-refractivity contribution in [2.24, 2.45) is 0 Å². The Labute approximate surface area is 211 Å². The van der Waals surface area contributed by atoms with Gasteiger partial charge in [-0.3, -0.25) is 0 Å². The predicted octanol–water partition coefficient (Wildman–Crippen LogP) is 7.18. The van der Waals surface area contributed by atoms with Gasteiger partial charge in [0.15, 0.2) is 34.9 Å². The maximum Gasteiger partial charge on any atom is 0.200 e. The average Bonchev–Trinajstić information content (AvgIpc) is 2.79. The second-order valence-electron chi connectivity index (χ2n) is 11.3. The van der Waals surface area contributed by atoms with Crippen molar-refractivity contribution in [3.8, 4) is 0 Å². The Bertz CT molecular complexity index is 1090. The number of halogens is 10. The third kappa shape index (κ3) is 6.18. The molecule has 0 saturated carbocycles. The zero-order valence-corrected chi connectivity index (χ0v) is 22.5. The molecule has 206 valence electrons. The van der Waals surface area contributed by atoms with E-state index < -0.39 is 90.1 Å². The minimum atomic E-state index is -3.55. The number of hydrogen-bond acceptors (Lipinski definition) is 0. The van der Waals surface area contributed by atoms with Gasteiger partial charge in [-0.2, -0.15) is 6.32 Å². The van der Waals surface area contributed by atoms with Gasteiger partial charge in [0.2, 0.25) is 0 Å². The summed E-state index contributed by atoms with van der Waals surface area (Å²) in [6, 6.07) is 0. The van der Waals surface area contributed by atoms with E-state index in [-0.39, 0.29) is 10.3 Å². The highest BCUT2D eigenvalue weighted by atomic mass is 31.1. The van der Waals surface area contributed by atoms with Gasteiger partial charge in [0.05, 0.1) is 23.2 Å². The van der Waals surface area contributed by atoms with Crippen LogP contribution in [0.4, 0.5) is 43.9 Å². The summed E-state index contributed by atoms with van der Waals surface area (Å²) < 4.78 is 142. The van der Waals surface area contributed by atoms with Crippen molar-refractivity contribution in [2.45, 2.75) is 65.1 Å². The third-order valence-corrected chi connectivity index (χ3v) is 11.0. The molecule has 0 spiro atoms. The Balaban J connectivity index is 2.79. The fourth-order valence-corrected chi connectivity index (χ4v) is 8.93. The van der Waals surface area contributed by atoms with E-state index in [1.165, 1.54) is 6.08 Å². The van der Waals surface area contributed by atoms with Crippen LogP contribution in [0, 0.1) is 58.2 Å². The molecule has 0 unspecified atom stereocenters. The van der Waals surface area contributed by atoms with Crippen molar-refractivity contribution < 1.29 is 43.9 Å². The molecule has 0 fully saturated rings. The highest BCUT2D eigenvalue weighted by Crippen LogP contribution is 2.59. The Morgan fingerprint density at radius 2 is 0.838 bits per heavy atom. The number of allylic oxidation sites excluding steroid dienone is 2. The molecular formula is C25H28BF10P. The first-order valence-corrected chi connectivity index (χ1v) is 13.2. The lowest BCUT2D eigenvalue weighted by atomic mass is 9.38. The molecule has 0 bridgehead atoms. The first-order chi connectivity index (χ1) is 16.7. The Morgan fingerprint density at radius 3 is 1.11 bits per heavy atom. The van der Waals surface area contributed by atoms with E-state index in [2.05, 4.69) is 0 Å². The van der Waals surface area contributed by atoms with Gasteiger partial charge in [-0.15, -0.1) is 17.0 Å². The standard InChI is InChI=1S/C25H27BF10P/c1-11(10-37(24(2,3)4)25(5,6)7)8-9-26(12-14(27)18(31)22(35)19(32)15(12)28)13-16(29)20(33)23(36)21(34)17(13)30/h8,26H,9-10H2,1-7H3/q-1/p+1/b11-8-. The molecule has 2 rings (SSSR count). The van der Waals surface area contributed by atoms with Crippen molar-refractivity contribution in [3.63, 3.8) is 0 Å². The van der Waals surface area contributed by atoms with E-state index in [9.17, 15) is 43.9 Å². The Hall–Kier alpha value is -2.03. The number of hydrogen-bond donors (Lipinski definition) is 0. The fraction of sp³-hybridized carbons (Fsp3) is 0.440. The average molecular weight is 560 g/mol. The van der Waals surface area contributed by atoms with Crippen LogP contribution in [0.3, 0.4) is 0 Å². The predicted molar refractivity (Wildman–Crippen MR) is 130 cm³/mol. The molecule has 0 aromatic heterocycles. The first kappa shape index (κ1) is 31.2. The van der Waals surface area contributed by atoms with E-state index in [1.54, 1.807) is 6.92 Å². The Kier molecular flexibility index (Phi) is 9.27. The summed E-state index contributed by atoms with van der Waals surface area (Å²) in [5, 5.41) is -0.264. The van der Waals surface area contributed by atoms with Gasteiger partial charge < -0.3 is 0 Å². The summed E-state index contributed by atoms with van der Waals surface area (Å²) in [5.74, 6) is -24.1. The summed E-state index contributed by atoms with van der Waals surface area (Å²) in [6.45, 7) is 10.2. The van der Waals surface area contributed by atoms with Crippen molar-refractivity contribution in [3.05, 3.63) is 69.8 Å². The number of rotatable bonds is 6. The zero-order valence-electron chi connectivity index (χ0n) is 21.5. The maximum atomic E-state index is 14.7. The molecule has 0 aliphatic rings. The molecular weight excluding hydrogens is 532 g/mol. The van der Waals surface area contributed by atoms with Crippen LogP contribution in [0.5, 0.6) is 0 Å². The molecule has 0 atom stereocenters. The lowest BCUT2D eigenvalue weighted by Crippen LogP contribution is -2.50. The first-order valence-electron chi connectivity index (χ1n) is 11.5. The molecule has 0 radical (unpaired) electrons. The van der Waals surface area contributed by atoms with Crippen LogP contribution in [-0.2, 0) is 0 Å². The van der Waals surface area contributed by atoms with Crippen LogP contribution in [-0.4, -0.2) is 23.2 Å². The molecule has 0 heterocycles. The lowest BCUT2D eigenvalue weighted by Gasteiger charge is -2.34. The van der Waals surface area contributed by atoms with Crippen LogP contribution >= 0.6 is 7.92 Å². The van der Waals surface area contributed by atoms with Crippen LogP contribution in [0.2, 0.25) is 6.32 Å². The Morgan fingerprint density at radius 1 is 0.568 bits per heavy atom. The zero-order chi connectivity index (χ0) is 28.8. The lowest BCUT2D eigenvalue weighted by molar-refractivity contribution is 0.382. The molecule has 0 aliphatic carbocycles. The van der Waals surface area contributed by atoms with E-state index in [0.29, 0.717) is 11.7 Å². The maximum absolute atomic E-state index is 14.7. The van der Waals surface area contributed by atoms with Crippen molar-refractivity contribution in [2.75, 3.05) is 6.16 Å². The minimum Gasteiger partial charge on any atom is -0.207 e. The fourth-order valence-electron chi connectivity index (χ4n) is 4.91. The third-order valence-electron chi connectivity index (χ3n) is 6.50. The van der Waals surface area contributed by atoms with Crippen molar-refractivity contribution in [1.29, 1.82) is 0 Å². The highest BCUT2D eigenvalue weighted by Gasteiger charge is 2.41. The molecule has 2 aromatic carbocycles. The van der Waals surface area contributed by atoms with E-state index >= 15 is 0 Å². The van der Waals surface area contributed by atoms with Crippen LogP contribution in [0.25, 0.3) is 0 Å². The second kappa shape index (κ2) is 11.0. The molecule has 0 N–H and O–H groups in total. The van der Waals surface area contributed by atoms with Gasteiger partial charge in [0.1, 0.15) is 23.3 Å². The normalized spacial score (nSPS) is 13.3. The quantitative estimate of drug-likeness (QED) is 0.0878. The monoisotopic (exact) mass is 560 g/mol. The van der Waals surface area contributed by atoms with Crippen LogP contribution in [0.1, 0.15) is 48.5 Å². The summed E-state index contributed by atoms with van der Waals surface area (Å²) in [6.07, 6.45) is 1.07. The van der Waals surface area contributed by atoms with Crippen molar-refractivity contribution >= 4 is 25.6 Å². The number of benzene rings is 2. The largest absolute Gasteiger partial charge is 0.207 e. The van der Waals surface area contributed by atoms with E-state index in [1.807, 2.05) is 41.5 Å². The van der Waals surface area contributed by atoms with E-state index in [0.717, 1.165) is 0 Å². The topological polar surface area (TPSA) is 0 Å². The smallest absolute Gasteiger partial charge is 0.200 e. The second-order valence-corrected chi connectivity index (χ2v) is 15.6. The summed E-state index contributed by atoms with van der Waals surface area (Å²) in [5.41, 5.74) is -2.63. The molecule has 2 aromatic rings. The summed E-state index contributed by atoms with van der Waals surface area (Å²) in [4.78, 5) is 0. The van der Waals surface area contributed by atoms with Crippen LogP contribution in [0.15, 0.2) is 11.6 Å². The molecule has 12 heteroatoms. The van der Waals surface area contributed by atoms with Gasteiger partial charge in [-0.1, -0.05) is 0 Å². The molecule has 0 aliphatic heterocycles. The SMILES string of the molecule is C/C(=C/C[BH-](c1c(F)c(F)c(F)c(F)c1F)c1c(F)c(F)c(F)c(F)c1F)C[PH+](C(C)(C)C)C(C)(C)C. The van der Waals surface area contributed by atoms with Gasteiger partial charge in [-0.05, 0) is 54.0 Å². The molecule has 0 nitrogen and oxygen atoms in total. The van der Waals surface area contributed by atoms with Gasteiger partial charge in [0, 0.05) is 7.92 Å². The summed E-state index contributed by atoms with van der Waals surface area (Å²) in [7, 11) is -1.21. The van der Waals surface area contributed by atoms with Gasteiger partial charge in [-0.25, -0.2) is 43.9 Å².